The summed E-state index contributed by atoms with van der Waals surface area (Å²) in [5.41, 5.74) is 7.24. The third-order valence-electron chi connectivity index (χ3n) is 9.18. The molecule has 1 aliphatic rings. The summed E-state index contributed by atoms with van der Waals surface area (Å²) < 4.78 is 10.7. The lowest BCUT2D eigenvalue weighted by Crippen LogP contribution is -2.67. The monoisotopic (exact) mass is 687 g/mol. The fourth-order valence-corrected chi connectivity index (χ4v) is 6.47. The SMILES string of the molecule is CC[C@H](C)C(NC(=O)[C@@]1(NC(=O)C(NC(=O)OCc2cccc(OC)c2)[C@@H](C)CC)CCc2[nH]c3c(Cl)cc(Cl)cc3c2C1)C(N)=O. The van der Waals surface area contributed by atoms with Crippen molar-refractivity contribution in [3.05, 3.63) is 63.3 Å². The van der Waals surface area contributed by atoms with Crippen LogP contribution in [-0.4, -0.2) is 53.5 Å². The lowest BCUT2D eigenvalue weighted by atomic mass is 9.78. The number of nitrogens with one attached hydrogen (secondary N) is 4. The number of aromatic nitrogens is 1. The number of aryl methyl sites for hydroxylation is 1. The van der Waals surface area contributed by atoms with Crippen molar-refractivity contribution in [3.63, 3.8) is 0 Å². The average Bonchev–Trinajstić information content (AvgIpc) is 3.41. The first-order valence-corrected chi connectivity index (χ1v) is 16.5. The van der Waals surface area contributed by atoms with Crippen molar-refractivity contribution < 1.29 is 28.7 Å². The van der Waals surface area contributed by atoms with Gasteiger partial charge in [0, 0.05) is 22.5 Å². The van der Waals surface area contributed by atoms with Gasteiger partial charge in [-0.2, -0.15) is 0 Å². The molecule has 0 saturated heterocycles. The van der Waals surface area contributed by atoms with Gasteiger partial charge in [0.05, 0.1) is 17.6 Å². The molecule has 2 aromatic carbocycles. The number of rotatable bonds is 13. The van der Waals surface area contributed by atoms with Crippen LogP contribution >= 0.6 is 23.2 Å². The molecule has 2 unspecified atom stereocenters. The van der Waals surface area contributed by atoms with Gasteiger partial charge in [-0.25, -0.2) is 4.79 Å². The summed E-state index contributed by atoms with van der Waals surface area (Å²) in [5, 5.41) is 10.1. The van der Waals surface area contributed by atoms with E-state index in [1.165, 1.54) is 0 Å². The first-order chi connectivity index (χ1) is 22.3. The van der Waals surface area contributed by atoms with Crippen molar-refractivity contribution in [1.82, 2.24) is 20.9 Å². The fourth-order valence-electron chi connectivity index (χ4n) is 5.93. The molecule has 6 N–H and O–H groups in total. The number of hydrogen-bond acceptors (Lipinski definition) is 6. The maximum Gasteiger partial charge on any atom is 0.408 e. The molecule has 11 nitrogen and oxygen atoms in total. The predicted octanol–water partition coefficient (Wildman–Crippen LogP) is 5.18. The van der Waals surface area contributed by atoms with Gasteiger partial charge in [0.1, 0.15) is 30.0 Å². The number of alkyl carbamates (subject to hydrolysis) is 1. The Morgan fingerprint density at radius 2 is 1.72 bits per heavy atom. The first kappa shape index (κ1) is 35.9. The second-order valence-electron chi connectivity index (χ2n) is 12.3. The number of benzene rings is 2. The summed E-state index contributed by atoms with van der Waals surface area (Å²) in [6.07, 6.45) is 1.03. The van der Waals surface area contributed by atoms with Gasteiger partial charge in [0.2, 0.25) is 17.7 Å². The van der Waals surface area contributed by atoms with E-state index in [4.69, 9.17) is 38.4 Å². The molecule has 0 aliphatic heterocycles. The summed E-state index contributed by atoms with van der Waals surface area (Å²) in [5.74, 6) is -1.73. The van der Waals surface area contributed by atoms with Gasteiger partial charge in [-0.1, -0.05) is 75.9 Å². The van der Waals surface area contributed by atoms with Gasteiger partial charge in [-0.05, 0) is 60.1 Å². The molecule has 13 heteroatoms. The van der Waals surface area contributed by atoms with Crippen LogP contribution in [0.5, 0.6) is 5.75 Å². The van der Waals surface area contributed by atoms with E-state index in [1.807, 2.05) is 27.7 Å². The fraction of sp³-hybridized carbons (Fsp3) is 0.471. The molecule has 1 aliphatic carbocycles. The Balaban J connectivity index is 1.64. The second kappa shape index (κ2) is 15.3. The van der Waals surface area contributed by atoms with Gasteiger partial charge in [-0.15, -0.1) is 0 Å². The number of fused-ring (bicyclic) bond motifs is 3. The number of hydrogen-bond donors (Lipinski definition) is 5. The lowest BCUT2D eigenvalue weighted by Gasteiger charge is -2.39. The zero-order valence-electron chi connectivity index (χ0n) is 27.3. The van der Waals surface area contributed by atoms with Crippen LogP contribution in [0, 0.1) is 11.8 Å². The average molecular weight is 689 g/mol. The van der Waals surface area contributed by atoms with E-state index in [1.54, 1.807) is 43.5 Å². The maximum absolute atomic E-state index is 14.3. The molecule has 254 valence electrons. The van der Waals surface area contributed by atoms with Crippen LogP contribution in [0.25, 0.3) is 10.9 Å². The Kier molecular flexibility index (Phi) is 11.7. The number of nitrogens with two attached hydrogens (primary N) is 1. The number of H-pyrrole nitrogens is 1. The maximum atomic E-state index is 14.3. The summed E-state index contributed by atoms with van der Waals surface area (Å²) in [7, 11) is 1.55. The topological polar surface area (TPSA) is 165 Å². The number of aromatic amines is 1. The van der Waals surface area contributed by atoms with Crippen molar-refractivity contribution in [3.8, 4) is 5.75 Å². The molecular weight excluding hydrogens is 645 g/mol. The van der Waals surface area contributed by atoms with E-state index in [2.05, 4.69) is 20.9 Å². The van der Waals surface area contributed by atoms with Crippen molar-refractivity contribution in [2.45, 2.75) is 84.0 Å². The molecular formula is C34H43Cl2N5O6. The minimum atomic E-state index is -1.49. The molecule has 0 bridgehead atoms. The van der Waals surface area contributed by atoms with Crippen LogP contribution in [0.1, 0.15) is 63.8 Å². The van der Waals surface area contributed by atoms with Crippen LogP contribution in [0.3, 0.4) is 0 Å². The Morgan fingerprint density at radius 3 is 2.38 bits per heavy atom. The first-order valence-electron chi connectivity index (χ1n) is 15.8. The molecule has 0 radical (unpaired) electrons. The minimum absolute atomic E-state index is 0.0389. The number of carbonyl (C=O) groups is 4. The van der Waals surface area contributed by atoms with Gasteiger partial charge >= 0.3 is 6.09 Å². The zero-order valence-corrected chi connectivity index (χ0v) is 28.8. The Labute approximate surface area is 284 Å². The number of amides is 4. The van der Waals surface area contributed by atoms with Gasteiger partial charge in [-0.3, -0.25) is 14.4 Å². The van der Waals surface area contributed by atoms with E-state index in [9.17, 15) is 19.2 Å². The number of primary amides is 1. The van der Waals surface area contributed by atoms with Gasteiger partial charge < -0.3 is 36.1 Å². The third kappa shape index (κ3) is 8.13. The van der Waals surface area contributed by atoms with E-state index in [0.29, 0.717) is 46.1 Å². The molecule has 1 heterocycles. The molecule has 0 saturated carbocycles. The Bertz CT molecular complexity index is 1640. The number of methoxy groups -OCH3 is 1. The smallest absolute Gasteiger partial charge is 0.408 e. The second-order valence-corrected chi connectivity index (χ2v) is 13.2. The molecule has 1 aromatic heterocycles. The summed E-state index contributed by atoms with van der Waals surface area (Å²) in [6.45, 7) is 7.40. The van der Waals surface area contributed by atoms with Gasteiger partial charge in [0.25, 0.3) is 0 Å². The predicted molar refractivity (Wildman–Crippen MR) is 181 cm³/mol. The molecule has 4 rings (SSSR count). The normalized spacial score (nSPS) is 18.3. The summed E-state index contributed by atoms with van der Waals surface area (Å²) in [4.78, 5) is 57.1. The van der Waals surface area contributed by atoms with E-state index in [0.717, 1.165) is 16.6 Å². The molecule has 47 heavy (non-hydrogen) atoms. The highest BCUT2D eigenvalue weighted by Crippen LogP contribution is 2.38. The van der Waals surface area contributed by atoms with Crippen molar-refractivity contribution in [1.29, 1.82) is 0 Å². The quantitative estimate of drug-likeness (QED) is 0.166. The van der Waals surface area contributed by atoms with Crippen LogP contribution in [0.15, 0.2) is 36.4 Å². The highest BCUT2D eigenvalue weighted by Gasteiger charge is 2.46. The van der Waals surface area contributed by atoms with Crippen LogP contribution in [0.2, 0.25) is 10.0 Å². The highest BCUT2D eigenvalue weighted by atomic mass is 35.5. The third-order valence-corrected chi connectivity index (χ3v) is 9.69. The molecule has 5 atom stereocenters. The van der Waals surface area contributed by atoms with Crippen LogP contribution in [-0.2, 0) is 38.6 Å². The summed E-state index contributed by atoms with van der Waals surface area (Å²) in [6, 6.07) is 8.51. The zero-order chi connectivity index (χ0) is 34.5. The summed E-state index contributed by atoms with van der Waals surface area (Å²) >= 11 is 12.9. The molecule has 3 aromatic rings. The Hall–Kier alpha value is -3.96. The number of halogens is 2. The van der Waals surface area contributed by atoms with Crippen molar-refractivity contribution in [2.75, 3.05) is 7.11 Å². The van der Waals surface area contributed by atoms with Crippen molar-refractivity contribution in [2.24, 2.45) is 17.6 Å². The molecule has 0 spiro atoms. The minimum Gasteiger partial charge on any atom is -0.497 e. The van der Waals surface area contributed by atoms with E-state index < -0.39 is 41.4 Å². The highest BCUT2D eigenvalue weighted by molar-refractivity contribution is 6.38. The standard InChI is InChI=1S/C34H43Cl2N5O6/c1-6-18(3)27(30(37)42)39-32(44)34(12-11-26-24(16-34)23-14-21(35)15-25(36)29(23)38-26)41-31(43)28(19(4)7-2)40-33(45)47-17-20-9-8-10-22(13-20)46-5/h8-10,13-15,18-19,27-28,38H,6-7,11-12,16-17H2,1-5H3,(H2,37,42)(H,39,44)(H,40,45)(H,41,43)/t18-,19-,27?,28?,34+/m0/s1. The number of ether oxygens (including phenoxy) is 2. The van der Waals surface area contributed by atoms with Gasteiger partial charge in [0.15, 0.2) is 0 Å². The lowest BCUT2D eigenvalue weighted by molar-refractivity contribution is -0.137. The molecule has 0 fully saturated rings. The van der Waals surface area contributed by atoms with E-state index >= 15 is 0 Å². The van der Waals surface area contributed by atoms with Crippen LogP contribution in [0.4, 0.5) is 4.79 Å². The van der Waals surface area contributed by atoms with Crippen molar-refractivity contribution >= 4 is 57.9 Å². The van der Waals surface area contributed by atoms with Crippen LogP contribution < -0.4 is 26.4 Å². The largest absolute Gasteiger partial charge is 0.497 e. The number of carbonyl (C=O) groups excluding carboxylic acids is 4. The Morgan fingerprint density at radius 1 is 1.02 bits per heavy atom. The van der Waals surface area contributed by atoms with E-state index in [-0.39, 0.29) is 31.3 Å². The molecule has 4 amide bonds.